The van der Waals surface area contributed by atoms with E-state index in [2.05, 4.69) is 24.1 Å². The third kappa shape index (κ3) is 6.17. The highest BCUT2D eigenvalue weighted by atomic mass is 16.6. The van der Waals surface area contributed by atoms with Crippen molar-refractivity contribution < 1.29 is 14.3 Å². The number of amides is 2. The molecule has 144 valence electrons. The summed E-state index contributed by atoms with van der Waals surface area (Å²) >= 11 is 0. The first-order valence-corrected chi connectivity index (χ1v) is 9.65. The fraction of sp³-hybridized carbons (Fsp3) is 0.895. The molecule has 2 atom stereocenters. The van der Waals surface area contributed by atoms with Crippen molar-refractivity contribution in [1.29, 1.82) is 0 Å². The summed E-state index contributed by atoms with van der Waals surface area (Å²) < 4.78 is 5.39. The van der Waals surface area contributed by atoms with Gasteiger partial charge in [0.25, 0.3) is 0 Å². The lowest BCUT2D eigenvalue weighted by molar-refractivity contribution is -0.124. The van der Waals surface area contributed by atoms with Crippen LogP contribution >= 0.6 is 0 Å². The first kappa shape index (κ1) is 20.0. The smallest absolute Gasteiger partial charge is 0.410 e. The zero-order valence-electron chi connectivity index (χ0n) is 16.5. The summed E-state index contributed by atoms with van der Waals surface area (Å²) in [7, 11) is 0. The number of hydrogen-bond acceptors (Lipinski definition) is 4. The molecule has 0 bridgehead atoms. The van der Waals surface area contributed by atoms with E-state index >= 15 is 0 Å². The summed E-state index contributed by atoms with van der Waals surface area (Å²) in [5.41, 5.74) is -0.499. The minimum Gasteiger partial charge on any atom is -0.444 e. The Bertz CT molecular complexity index is 473. The second-order valence-corrected chi connectivity index (χ2v) is 8.75. The van der Waals surface area contributed by atoms with Crippen LogP contribution in [-0.2, 0) is 9.53 Å². The van der Waals surface area contributed by atoms with Gasteiger partial charge >= 0.3 is 6.09 Å². The summed E-state index contributed by atoms with van der Waals surface area (Å²) in [5.74, 6) is 0.494. The highest BCUT2D eigenvalue weighted by molar-refractivity contribution is 5.80. The SMILES string of the molecule is CC(C)N1CCCC(CNC(=O)C2CCN(C(=O)OC(C)(C)C)C2)C1. The molecule has 1 N–H and O–H groups in total. The van der Waals surface area contributed by atoms with Crippen molar-refractivity contribution in [3.8, 4) is 0 Å². The van der Waals surface area contributed by atoms with E-state index in [1.807, 2.05) is 20.8 Å². The number of carbonyl (C=O) groups excluding carboxylic acids is 2. The van der Waals surface area contributed by atoms with Crippen LogP contribution in [0.25, 0.3) is 0 Å². The number of ether oxygens (including phenoxy) is 1. The molecule has 2 heterocycles. The van der Waals surface area contributed by atoms with Gasteiger partial charge in [0.15, 0.2) is 0 Å². The molecule has 2 saturated heterocycles. The molecule has 2 unspecified atom stereocenters. The van der Waals surface area contributed by atoms with Crippen molar-refractivity contribution in [2.45, 2.75) is 65.5 Å². The van der Waals surface area contributed by atoms with Crippen LogP contribution in [0.3, 0.4) is 0 Å². The van der Waals surface area contributed by atoms with Gasteiger partial charge in [0.05, 0.1) is 5.92 Å². The molecule has 0 spiro atoms. The fourth-order valence-corrected chi connectivity index (χ4v) is 3.59. The maximum Gasteiger partial charge on any atom is 0.410 e. The van der Waals surface area contributed by atoms with Gasteiger partial charge in [0.1, 0.15) is 5.60 Å². The average Bonchev–Trinajstić information content (AvgIpc) is 3.01. The number of nitrogens with zero attached hydrogens (tertiary/aromatic N) is 2. The summed E-state index contributed by atoms with van der Waals surface area (Å²) in [4.78, 5) is 28.7. The van der Waals surface area contributed by atoms with Gasteiger partial charge in [-0.25, -0.2) is 4.79 Å². The number of likely N-dealkylation sites (tertiary alicyclic amines) is 2. The molecule has 25 heavy (non-hydrogen) atoms. The van der Waals surface area contributed by atoms with E-state index < -0.39 is 5.60 Å². The molecule has 0 aromatic heterocycles. The van der Waals surface area contributed by atoms with Gasteiger partial charge in [-0.1, -0.05) is 0 Å². The Balaban J connectivity index is 1.74. The topological polar surface area (TPSA) is 61.9 Å². The van der Waals surface area contributed by atoms with Gasteiger partial charge in [0, 0.05) is 32.2 Å². The third-order valence-corrected chi connectivity index (χ3v) is 5.06. The van der Waals surface area contributed by atoms with Crippen LogP contribution < -0.4 is 5.32 Å². The Morgan fingerprint density at radius 3 is 2.52 bits per heavy atom. The van der Waals surface area contributed by atoms with Gasteiger partial charge in [-0.15, -0.1) is 0 Å². The summed E-state index contributed by atoms with van der Waals surface area (Å²) in [6.07, 6.45) is 2.78. The predicted molar refractivity (Wildman–Crippen MR) is 98.4 cm³/mol. The maximum absolute atomic E-state index is 12.5. The van der Waals surface area contributed by atoms with Crippen molar-refractivity contribution in [2.24, 2.45) is 11.8 Å². The number of nitrogens with one attached hydrogen (secondary N) is 1. The molecule has 0 aromatic rings. The van der Waals surface area contributed by atoms with Crippen molar-refractivity contribution in [3.63, 3.8) is 0 Å². The molecule has 6 heteroatoms. The minimum absolute atomic E-state index is 0.0766. The molecule has 0 radical (unpaired) electrons. The molecule has 6 nitrogen and oxygen atoms in total. The third-order valence-electron chi connectivity index (χ3n) is 5.06. The molecule has 2 rings (SSSR count). The Labute approximate surface area is 152 Å². The van der Waals surface area contributed by atoms with Crippen molar-refractivity contribution in [3.05, 3.63) is 0 Å². The summed E-state index contributed by atoms with van der Waals surface area (Å²) in [5, 5.41) is 3.12. The molecule has 2 fully saturated rings. The Morgan fingerprint density at radius 2 is 1.88 bits per heavy atom. The van der Waals surface area contributed by atoms with Crippen LogP contribution in [-0.4, -0.2) is 66.2 Å². The van der Waals surface area contributed by atoms with Gasteiger partial charge < -0.3 is 19.9 Å². The van der Waals surface area contributed by atoms with E-state index in [9.17, 15) is 9.59 Å². The minimum atomic E-state index is -0.499. The van der Waals surface area contributed by atoms with E-state index in [1.54, 1.807) is 4.90 Å². The largest absolute Gasteiger partial charge is 0.444 e. The van der Waals surface area contributed by atoms with Gasteiger partial charge in [-0.3, -0.25) is 4.79 Å². The standard InChI is InChI=1S/C19H35N3O3/c1-14(2)21-9-6-7-15(12-21)11-20-17(23)16-8-10-22(13-16)18(24)25-19(3,4)5/h14-16H,6-13H2,1-5H3,(H,20,23). The molecule has 0 aromatic carbocycles. The lowest BCUT2D eigenvalue weighted by Crippen LogP contribution is -2.45. The Hall–Kier alpha value is -1.30. The fourth-order valence-electron chi connectivity index (χ4n) is 3.59. The Morgan fingerprint density at radius 1 is 1.16 bits per heavy atom. The zero-order chi connectivity index (χ0) is 18.6. The van der Waals surface area contributed by atoms with Crippen molar-refractivity contribution in [2.75, 3.05) is 32.7 Å². The predicted octanol–water partition coefficient (Wildman–Crippen LogP) is 2.48. The molecule has 2 amide bonds. The monoisotopic (exact) mass is 353 g/mol. The number of hydrogen-bond donors (Lipinski definition) is 1. The highest BCUT2D eigenvalue weighted by Crippen LogP contribution is 2.21. The normalized spacial score (nSPS) is 25.3. The number of carbonyl (C=O) groups is 2. The van der Waals surface area contributed by atoms with E-state index in [-0.39, 0.29) is 17.9 Å². The number of piperidine rings is 1. The average molecular weight is 354 g/mol. The van der Waals surface area contributed by atoms with Crippen LogP contribution in [0.4, 0.5) is 4.79 Å². The molecular formula is C19H35N3O3. The van der Waals surface area contributed by atoms with E-state index in [4.69, 9.17) is 4.74 Å². The highest BCUT2D eigenvalue weighted by Gasteiger charge is 2.33. The second kappa shape index (κ2) is 8.39. The van der Waals surface area contributed by atoms with Gasteiger partial charge in [0.2, 0.25) is 5.91 Å². The van der Waals surface area contributed by atoms with E-state index in [0.717, 1.165) is 19.6 Å². The molecule has 0 saturated carbocycles. The molecule has 0 aliphatic carbocycles. The van der Waals surface area contributed by atoms with Gasteiger partial charge in [-0.2, -0.15) is 0 Å². The Kier molecular flexibility index (Phi) is 6.72. The number of rotatable bonds is 4. The lowest BCUT2D eigenvalue weighted by atomic mass is 9.96. The first-order valence-electron chi connectivity index (χ1n) is 9.65. The van der Waals surface area contributed by atoms with E-state index in [1.165, 1.54) is 12.8 Å². The first-order chi connectivity index (χ1) is 11.7. The lowest BCUT2D eigenvalue weighted by Gasteiger charge is -2.35. The molecule has 2 aliphatic heterocycles. The van der Waals surface area contributed by atoms with Crippen molar-refractivity contribution in [1.82, 2.24) is 15.1 Å². The molecular weight excluding hydrogens is 318 g/mol. The zero-order valence-corrected chi connectivity index (χ0v) is 16.5. The maximum atomic E-state index is 12.5. The van der Waals surface area contributed by atoms with Crippen LogP contribution in [0.5, 0.6) is 0 Å². The van der Waals surface area contributed by atoms with Gasteiger partial charge in [-0.05, 0) is 66.3 Å². The second-order valence-electron chi connectivity index (χ2n) is 8.75. The van der Waals surface area contributed by atoms with Crippen LogP contribution in [0, 0.1) is 11.8 Å². The van der Waals surface area contributed by atoms with Crippen LogP contribution in [0.15, 0.2) is 0 Å². The summed E-state index contributed by atoms with van der Waals surface area (Å²) in [6, 6.07) is 0.565. The van der Waals surface area contributed by atoms with Crippen LogP contribution in [0.1, 0.15) is 53.9 Å². The quantitative estimate of drug-likeness (QED) is 0.843. The van der Waals surface area contributed by atoms with E-state index in [0.29, 0.717) is 31.5 Å². The summed E-state index contributed by atoms with van der Waals surface area (Å²) in [6.45, 7) is 14.0. The molecule has 2 aliphatic rings. The van der Waals surface area contributed by atoms with Crippen molar-refractivity contribution >= 4 is 12.0 Å². The van der Waals surface area contributed by atoms with Crippen LogP contribution in [0.2, 0.25) is 0 Å².